The van der Waals surface area contributed by atoms with Crippen LogP contribution in [0.4, 0.5) is 5.69 Å². The Morgan fingerprint density at radius 1 is 0.935 bits per heavy atom. The summed E-state index contributed by atoms with van der Waals surface area (Å²) < 4.78 is 6.03. The number of amidine groups is 1. The molecular formula is C26H24N2O2S. The van der Waals surface area contributed by atoms with Gasteiger partial charge >= 0.3 is 0 Å². The first-order valence-electron chi connectivity index (χ1n) is 10.2. The van der Waals surface area contributed by atoms with Crippen molar-refractivity contribution in [2.24, 2.45) is 4.99 Å². The number of likely N-dealkylation sites (N-methyl/N-ethyl adjacent to an activating group) is 1. The Morgan fingerprint density at radius 3 is 2.39 bits per heavy atom. The third kappa shape index (κ3) is 5.06. The summed E-state index contributed by atoms with van der Waals surface area (Å²) in [5.74, 6) is 0.683. The summed E-state index contributed by atoms with van der Waals surface area (Å²) in [6, 6.07) is 25.9. The zero-order chi connectivity index (χ0) is 21.6. The molecule has 1 heterocycles. The quantitative estimate of drug-likeness (QED) is 0.448. The average molecular weight is 429 g/mol. The van der Waals surface area contributed by atoms with E-state index in [1.165, 1.54) is 17.3 Å². The number of rotatable bonds is 6. The van der Waals surface area contributed by atoms with Crippen LogP contribution in [0.2, 0.25) is 0 Å². The normalized spacial score (nSPS) is 16.3. The fourth-order valence-corrected chi connectivity index (χ4v) is 4.15. The topological polar surface area (TPSA) is 41.9 Å². The van der Waals surface area contributed by atoms with Crippen LogP contribution in [0, 0.1) is 0 Å². The molecule has 0 atom stereocenters. The zero-order valence-corrected chi connectivity index (χ0v) is 18.4. The molecule has 0 spiro atoms. The van der Waals surface area contributed by atoms with Crippen molar-refractivity contribution in [3.8, 4) is 5.75 Å². The molecule has 0 radical (unpaired) electrons. The van der Waals surface area contributed by atoms with E-state index in [-0.39, 0.29) is 5.91 Å². The molecule has 1 saturated heterocycles. The van der Waals surface area contributed by atoms with Crippen molar-refractivity contribution in [3.05, 3.63) is 100 Å². The van der Waals surface area contributed by atoms with Crippen LogP contribution in [0.25, 0.3) is 6.08 Å². The first-order chi connectivity index (χ1) is 15.1. The third-order valence-corrected chi connectivity index (χ3v) is 6.08. The lowest BCUT2D eigenvalue weighted by Gasteiger charge is -2.09. The number of carbonyl (C=O) groups excluding carboxylic acids is 1. The highest BCUT2D eigenvalue weighted by Crippen LogP contribution is 2.34. The van der Waals surface area contributed by atoms with E-state index in [0.717, 1.165) is 29.0 Å². The van der Waals surface area contributed by atoms with Gasteiger partial charge in [0.15, 0.2) is 5.17 Å². The minimum atomic E-state index is -0.0632. The fourth-order valence-electron chi connectivity index (χ4n) is 3.18. The molecule has 4 nitrogen and oxygen atoms in total. The van der Waals surface area contributed by atoms with Crippen molar-refractivity contribution in [1.29, 1.82) is 0 Å². The Hall–Kier alpha value is -3.31. The molecule has 0 unspecified atom stereocenters. The third-order valence-electron chi connectivity index (χ3n) is 5.02. The summed E-state index contributed by atoms with van der Waals surface area (Å²) in [6.07, 6.45) is 2.87. The van der Waals surface area contributed by atoms with E-state index in [9.17, 15) is 4.79 Å². The van der Waals surface area contributed by atoms with Gasteiger partial charge < -0.3 is 4.74 Å². The van der Waals surface area contributed by atoms with Crippen molar-refractivity contribution < 1.29 is 9.53 Å². The number of thioether (sulfide) groups is 1. The van der Waals surface area contributed by atoms with Gasteiger partial charge in [0.1, 0.15) is 12.4 Å². The Morgan fingerprint density at radius 2 is 1.65 bits per heavy atom. The van der Waals surface area contributed by atoms with Crippen LogP contribution in [0.15, 0.2) is 88.8 Å². The molecule has 0 aromatic heterocycles. The van der Waals surface area contributed by atoms with Crippen LogP contribution in [-0.4, -0.2) is 23.0 Å². The van der Waals surface area contributed by atoms with Gasteiger partial charge in [0.05, 0.1) is 10.6 Å². The number of carbonyl (C=O) groups is 1. The number of aliphatic imine (C=N–C) groups is 1. The molecule has 3 aromatic carbocycles. The number of hydrogen-bond acceptors (Lipinski definition) is 4. The molecule has 31 heavy (non-hydrogen) atoms. The molecule has 4 rings (SSSR count). The van der Waals surface area contributed by atoms with Gasteiger partial charge in [-0.3, -0.25) is 9.69 Å². The molecule has 1 fully saturated rings. The predicted molar refractivity (Wildman–Crippen MR) is 128 cm³/mol. The van der Waals surface area contributed by atoms with Crippen molar-refractivity contribution in [1.82, 2.24) is 4.90 Å². The van der Waals surface area contributed by atoms with Crippen molar-refractivity contribution in [2.75, 3.05) is 7.05 Å². The summed E-state index contributed by atoms with van der Waals surface area (Å²) >= 11 is 1.38. The maximum atomic E-state index is 12.8. The van der Waals surface area contributed by atoms with Crippen LogP contribution in [0.5, 0.6) is 5.75 Å². The van der Waals surface area contributed by atoms with Gasteiger partial charge in [0.25, 0.3) is 5.91 Å². The van der Waals surface area contributed by atoms with Crippen molar-refractivity contribution >= 4 is 34.6 Å². The SMILES string of the molecule is CCc1ccc(N=C2S/C(=C\c3ccccc3OCc3ccccc3)C(=O)N2C)cc1. The molecule has 5 heteroatoms. The zero-order valence-electron chi connectivity index (χ0n) is 17.6. The number of amides is 1. The molecule has 156 valence electrons. The van der Waals surface area contributed by atoms with E-state index >= 15 is 0 Å². The number of hydrogen-bond donors (Lipinski definition) is 0. The van der Waals surface area contributed by atoms with E-state index in [1.54, 1.807) is 11.9 Å². The van der Waals surface area contributed by atoms with Crippen molar-refractivity contribution in [2.45, 2.75) is 20.0 Å². The molecule has 0 bridgehead atoms. The van der Waals surface area contributed by atoms with Gasteiger partial charge in [-0.05, 0) is 53.6 Å². The number of ether oxygens (including phenoxy) is 1. The lowest BCUT2D eigenvalue weighted by molar-refractivity contribution is -0.121. The molecule has 3 aromatic rings. The van der Waals surface area contributed by atoms with E-state index in [1.807, 2.05) is 72.8 Å². The highest BCUT2D eigenvalue weighted by Gasteiger charge is 2.30. The van der Waals surface area contributed by atoms with E-state index in [4.69, 9.17) is 4.74 Å². The van der Waals surface area contributed by atoms with E-state index in [2.05, 4.69) is 24.0 Å². The first-order valence-corrected chi connectivity index (χ1v) is 11.1. The molecule has 0 saturated carbocycles. The minimum Gasteiger partial charge on any atom is -0.488 e. The molecule has 0 N–H and O–H groups in total. The second-order valence-electron chi connectivity index (χ2n) is 7.20. The van der Waals surface area contributed by atoms with Gasteiger partial charge in [-0.15, -0.1) is 0 Å². The first kappa shape index (κ1) is 20.9. The predicted octanol–water partition coefficient (Wildman–Crippen LogP) is 6.06. The number of para-hydroxylation sites is 1. The monoisotopic (exact) mass is 428 g/mol. The molecule has 0 aliphatic carbocycles. The summed E-state index contributed by atoms with van der Waals surface area (Å²) in [4.78, 5) is 19.7. The lowest BCUT2D eigenvalue weighted by Crippen LogP contribution is -2.23. The van der Waals surface area contributed by atoms with Gasteiger partial charge in [0, 0.05) is 12.6 Å². The van der Waals surface area contributed by atoms with E-state index in [0.29, 0.717) is 16.7 Å². The minimum absolute atomic E-state index is 0.0632. The van der Waals surface area contributed by atoms with Gasteiger partial charge in [0.2, 0.25) is 0 Å². The van der Waals surface area contributed by atoms with Crippen LogP contribution >= 0.6 is 11.8 Å². The molecule has 1 amide bonds. The van der Waals surface area contributed by atoms with Gasteiger partial charge in [-0.1, -0.05) is 67.6 Å². The van der Waals surface area contributed by atoms with Crippen molar-refractivity contribution in [3.63, 3.8) is 0 Å². The highest BCUT2D eigenvalue weighted by atomic mass is 32.2. The lowest BCUT2D eigenvalue weighted by atomic mass is 10.1. The van der Waals surface area contributed by atoms with Crippen LogP contribution in [0.1, 0.15) is 23.6 Å². The maximum absolute atomic E-state index is 12.8. The Bertz CT molecular complexity index is 1120. The second-order valence-corrected chi connectivity index (χ2v) is 8.21. The Balaban J connectivity index is 1.54. The number of aryl methyl sites for hydroxylation is 1. The van der Waals surface area contributed by atoms with E-state index < -0.39 is 0 Å². The molecule has 1 aliphatic rings. The molecular weight excluding hydrogens is 404 g/mol. The average Bonchev–Trinajstić information content (AvgIpc) is 3.07. The summed E-state index contributed by atoms with van der Waals surface area (Å²) in [5.41, 5.74) is 4.07. The smallest absolute Gasteiger partial charge is 0.266 e. The Kier molecular flexibility index (Phi) is 6.53. The van der Waals surface area contributed by atoms with Gasteiger partial charge in [-0.25, -0.2) is 4.99 Å². The summed E-state index contributed by atoms with van der Waals surface area (Å²) in [5, 5.41) is 0.670. The number of benzene rings is 3. The highest BCUT2D eigenvalue weighted by molar-refractivity contribution is 8.18. The van der Waals surface area contributed by atoms with Crippen LogP contribution in [0.3, 0.4) is 0 Å². The molecule has 1 aliphatic heterocycles. The standard InChI is InChI=1S/C26H24N2O2S/c1-3-19-13-15-22(16-14-19)27-26-28(2)25(29)24(31-26)17-21-11-7-8-12-23(21)30-18-20-9-5-4-6-10-20/h4-17H,3,18H2,1-2H3/b24-17-,27-26?. The van der Waals surface area contributed by atoms with Crippen LogP contribution < -0.4 is 4.74 Å². The summed E-state index contributed by atoms with van der Waals surface area (Å²) in [6.45, 7) is 2.60. The largest absolute Gasteiger partial charge is 0.488 e. The Labute approximate surface area is 187 Å². The number of nitrogens with zero attached hydrogens (tertiary/aromatic N) is 2. The maximum Gasteiger partial charge on any atom is 0.266 e. The van der Waals surface area contributed by atoms with Gasteiger partial charge in [-0.2, -0.15) is 0 Å². The van der Waals surface area contributed by atoms with Crippen LogP contribution in [-0.2, 0) is 17.8 Å². The summed E-state index contributed by atoms with van der Waals surface area (Å²) in [7, 11) is 1.76. The second kappa shape index (κ2) is 9.67. The fraction of sp³-hybridized carbons (Fsp3) is 0.154.